The Kier molecular flexibility index (Phi) is 5.36. The van der Waals surface area contributed by atoms with E-state index in [1.165, 1.54) is 18.9 Å². The summed E-state index contributed by atoms with van der Waals surface area (Å²) < 4.78 is 6.51. The quantitative estimate of drug-likeness (QED) is 0.603. The Balaban J connectivity index is 1.98. The van der Waals surface area contributed by atoms with Crippen LogP contribution in [0.15, 0.2) is 49.2 Å². The van der Waals surface area contributed by atoms with Gasteiger partial charge in [0.2, 0.25) is 0 Å². The van der Waals surface area contributed by atoms with Gasteiger partial charge in [0.1, 0.15) is 5.04 Å². The highest BCUT2D eigenvalue weighted by Crippen LogP contribution is 2.43. The molecule has 0 saturated carbocycles. The molecule has 0 radical (unpaired) electrons. The lowest BCUT2D eigenvalue weighted by Gasteiger charge is -2.10. The van der Waals surface area contributed by atoms with Crippen LogP contribution in [0.2, 0.25) is 0 Å². The zero-order chi connectivity index (χ0) is 18.1. The Morgan fingerprint density at radius 3 is 2.56 bits per heavy atom. The molecule has 0 atom stereocenters. The van der Waals surface area contributed by atoms with E-state index in [0.29, 0.717) is 30.2 Å². The molecule has 1 amide bonds. The summed E-state index contributed by atoms with van der Waals surface area (Å²) in [5, 5.41) is 11.0. The third kappa shape index (κ3) is 3.68. The van der Waals surface area contributed by atoms with Crippen molar-refractivity contribution >= 4 is 60.6 Å². The molecule has 0 spiro atoms. The van der Waals surface area contributed by atoms with Crippen molar-refractivity contribution in [3.05, 3.63) is 60.9 Å². The number of carbonyl (C=O) groups excluding carboxylic acids is 1. The fourth-order valence-electron chi connectivity index (χ4n) is 2.26. The maximum absolute atomic E-state index is 12.3. The number of amides is 1. The highest BCUT2D eigenvalue weighted by molar-refractivity contribution is 9.13. The van der Waals surface area contributed by atoms with Crippen LogP contribution in [0.1, 0.15) is 16.7 Å². The molecule has 3 rings (SSSR count). The van der Waals surface area contributed by atoms with Crippen LogP contribution in [0.5, 0.6) is 11.5 Å². The number of phenols is 1. The molecule has 7 heteroatoms. The monoisotopic (exact) mass is 481 g/mol. The maximum Gasteiger partial charge on any atom is 0.284 e. The molecule has 2 aromatic rings. The lowest BCUT2D eigenvalue weighted by atomic mass is 10.1. The second-order valence-corrected chi connectivity index (χ2v) is 8.01. The van der Waals surface area contributed by atoms with Crippen molar-refractivity contribution in [2.24, 2.45) is 4.99 Å². The lowest BCUT2D eigenvalue weighted by molar-refractivity contribution is -0.113. The fourth-order valence-corrected chi connectivity index (χ4v) is 4.00. The Hall–Kier alpha value is -1.57. The molecule has 4 nitrogen and oxygen atoms in total. The predicted octanol–water partition coefficient (Wildman–Crippen LogP) is 5.30. The van der Waals surface area contributed by atoms with Crippen molar-refractivity contribution in [2.45, 2.75) is 6.92 Å². The van der Waals surface area contributed by atoms with Gasteiger partial charge in [-0.3, -0.25) is 4.79 Å². The number of aromatic hydroxyl groups is 1. The van der Waals surface area contributed by atoms with E-state index in [9.17, 15) is 9.90 Å². The SMILES string of the molecule is COc1cc(Br)c(Br)c(/C=C2/SC(c3ccc(C)cc3)=NC2=O)c1O. The van der Waals surface area contributed by atoms with Crippen molar-refractivity contribution < 1.29 is 14.6 Å². The largest absolute Gasteiger partial charge is 0.504 e. The standard InChI is InChI=1S/C18H13Br2NO3S/c1-9-3-5-10(6-4-9)18-21-17(23)14(25-18)7-11-15(20)12(19)8-13(24-2)16(11)22/h3-8,22H,1-2H3/b14-7+. The molecule has 0 unspecified atom stereocenters. The number of aliphatic imine (C=N–C) groups is 1. The maximum atomic E-state index is 12.3. The van der Waals surface area contributed by atoms with Crippen molar-refractivity contribution in [1.82, 2.24) is 0 Å². The van der Waals surface area contributed by atoms with E-state index in [1.807, 2.05) is 31.2 Å². The second-order valence-electron chi connectivity index (χ2n) is 5.34. The third-order valence-corrected chi connectivity index (χ3v) is 6.65. The van der Waals surface area contributed by atoms with E-state index in [-0.39, 0.29) is 11.7 Å². The summed E-state index contributed by atoms with van der Waals surface area (Å²) >= 11 is 8.11. The summed E-state index contributed by atoms with van der Waals surface area (Å²) in [5.74, 6) is -0.0508. The van der Waals surface area contributed by atoms with Crippen molar-refractivity contribution in [3.8, 4) is 11.5 Å². The van der Waals surface area contributed by atoms with Crippen LogP contribution in [-0.2, 0) is 4.79 Å². The minimum absolute atomic E-state index is 0.0396. The first kappa shape index (κ1) is 18.2. The average molecular weight is 483 g/mol. The van der Waals surface area contributed by atoms with E-state index < -0.39 is 0 Å². The number of halogens is 2. The molecule has 1 N–H and O–H groups in total. The molecule has 0 bridgehead atoms. The molecular formula is C18H13Br2NO3S. The van der Waals surface area contributed by atoms with Crippen LogP contribution in [0.4, 0.5) is 0 Å². The van der Waals surface area contributed by atoms with E-state index in [0.717, 1.165) is 11.1 Å². The van der Waals surface area contributed by atoms with Gasteiger partial charge in [0.25, 0.3) is 5.91 Å². The first-order chi connectivity index (χ1) is 11.9. The van der Waals surface area contributed by atoms with E-state index in [1.54, 1.807) is 12.1 Å². The van der Waals surface area contributed by atoms with Gasteiger partial charge in [0.05, 0.1) is 12.0 Å². The molecule has 0 saturated heterocycles. The smallest absolute Gasteiger partial charge is 0.284 e. The Morgan fingerprint density at radius 2 is 1.92 bits per heavy atom. The predicted molar refractivity (Wildman–Crippen MR) is 108 cm³/mol. The normalized spacial score (nSPS) is 15.6. The van der Waals surface area contributed by atoms with Crippen molar-refractivity contribution in [1.29, 1.82) is 0 Å². The van der Waals surface area contributed by atoms with E-state index in [2.05, 4.69) is 36.9 Å². The third-order valence-electron chi connectivity index (χ3n) is 3.61. The summed E-state index contributed by atoms with van der Waals surface area (Å²) in [6.07, 6.45) is 1.62. The number of nitrogens with zero attached hydrogens (tertiary/aromatic N) is 1. The topological polar surface area (TPSA) is 58.9 Å². The Labute approximate surface area is 166 Å². The summed E-state index contributed by atoms with van der Waals surface area (Å²) in [7, 11) is 1.47. The molecule has 0 aliphatic carbocycles. The van der Waals surface area contributed by atoms with Crippen LogP contribution >= 0.6 is 43.6 Å². The number of hydrogen-bond donors (Lipinski definition) is 1. The van der Waals surface area contributed by atoms with Crippen LogP contribution < -0.4 is 4.74 Å². The van der Waals surface area contributed by atoms with Gasteiger partial charge in [-0.05, 0) is 50.9 Å². The summed E-state index contributed by atoms with van der Waals surface area (Å²) in [6.45, 7) is 2.00. The summed E-state index contributed by atoms with van der Waals surface area (Å²) in [4.78, 5) is 16.8. The van der Waals surface area contributed by atoms with Crippen molar-refractivity contribution in [2.75, 3.05) is 7.11 Å². The van der Waals surface area contributed by atoms with Gasteiger partial charge >= 0.3 is 0 Å². The van der Waals surface area contributed by atoms with Gasteiger partial charge in [0.15, 0.2) is 11.5 Å². The number of methoxy groups -OCH3 is 1. The van der Waals surface area contributed by atoms with E-state index >= 15 is 0 Å². The highest BCUT2D eigenvalue weighted by Gasteiger charge is 2.24. The molecule has 1 aliphatic rings. The zero-order valence-electron chi connectivity index (χ0n) is 13.3. The summed E-state index contributed by atoms with van der Waals surface area (Å²) in [5.41, 5.74) is 2.49. The van der Waals surface area contributed by atoms with Gasteiger partial charge < -0.3 is 9.84 Å². The van der Waals surface area contributed by atoms with Gasteiger partial charge in [-0.1, -0.05) is 41.6 Å². The molecule has 1 aliphatic heterocycles. The van der Waals surface area contributed by atoms with E-state index in [4.69, 9.17) is 4.74 Å². The molecule has 0 aromatic heterocycles. The van der Waals surface area contributed by atoms with Crippen LogP contribution in [-0.4, -0.2) is 23.2 Å². The van der Waals surface area contributed by atoms with Crippen LogP contribution in [0.3, 0.4) is 0 Å². The number of rotatable bonds is 3. The van der Waals surface area contributed by atoms with Gasteiger partial charge in [-0.2, -0.15) is 0 Å². The highest BCUT2D eigenvalue weighted by atomic mass is 79.9. The number of ether oxygens (including phenoxy) is 1. The lowest BCUT2D eigenvalue weighted by Crippen LogP contribution is -1.92. The zero-order valence-corrected chi connectivity index (χ0v) is 17.3. The number of phenolic OH excluding ortho intramolecular Hbond substituents is 1. The van der Waals surface area contributed by atoms with Crippen LogP contribution in [0, 0.1) is 6.92 Å². The molecule has 2 aromatic carbocycles. The first-order valence-corrected chi connectivity index (χ1v) is 9.65. The number of aryl methyl sites for hydroxylation is 1. The minimum atomic E-state index is -0.328. The fraction of sp³-hybridized carbons (Fsp3) is 0.111. The molecule has 25 heavy (non-hydrogen) atoms. The van der Waals surface area contributed by atoms with Gasteiger partial charge in [-0.15, -0.1) is 0 Å². The van der Waals surface area contributed by atoms with Gasteiger partial charge in [0, 0.05) is 20.1 Å². The molecule has 0 fully saturated rings. The average Bonchev–Trinajstić information content (AvgIpc) is 2.96. The van der Waals surface area contributed by atoms with Crippen molar-refractivity contribution in [3.63, 3.8) is 0 Å². The Morgan fingerprint density at radius 1 is 1.24 bits per heavy atom. The second kappa shape index (κ2) is 7.35. The minimum Gasteiger partial charge on any atom is -0.504 e. The number of thioether (sulfide) groups is 1. The first-order valence-electron chi connectivity index (χ1n) is 7.25. The van der Waals surface area contributed by atoms with Crippen LogP contribution in [0.25, 0.3) is 6.08 Å². The molecule has 1 heterocycles. The summed E-state index contributed by atoms with van der Waals surface area (Å²) in [6, 6.07) is 9.48. The van der Waals surface area contributed by atoms with Gasteiger partial charge in [-0.25, -0.2) is 4.99 Å². The number of benzene rings is 2. The molecular weight excluding hydrogens is 470 g/mol. The number of hydrogen-bond acceptors (Lipinski definition) is 4. The Bertz CT molecular complexity index is 921. The molecule has 128 valence electrons. The number of carbonyl (C=O) groups is 1.